The lowest BCUT2D eigenvalue weighted by atomic mass is 9.91. The van der Waals surface area contributed by atoms with Crippen molar-refractivity contribution in [2.45, 2.75) is 39.0 Å². The summed E-state index contributed by atoms with van der Waals surface area (Å²) in [6, 6.07) is 0. The van der Waals surface area contributed by atoms with Crippen LogP contribution in [0.15, 0.2) is 0 Å². The monoisotopic (exact) mass is 284 g/mol. The third kappa shape index (κ3) is 7.97. The van der Waals surface area contributed by atoms with E-state index < -0.39 is 10.0 Å². The van der Waals surface area contributed by atoms with Crippen molar-refractivity contribution in [3.63, 3.8) is 0 Å². The maximum atomic E-state index is 11.7. The molecule has 1 rings (SSSR count). The van der Waals surface area contributed by atoms with Crippen molar-refractivity contribution in [3.05, 3.63) is 0 Å². The second-order valence-corrected chi connectivity index (χ2v) is 6.38. The Morgan fingerprint density at radius 1 is 1.12 bits per heavy atom. The van der Waals surface area contributed by atoms with Gasteiger partial charge in [-0.05, 0) is 25.3 Å². The van der Waals surface area contributed by atoms with E-state index in [9.17, 15) is 8.42 Å². The van der Waals surface area contributed by atoms with E-state index >= 15 is 0 Å². The van der Waals surface area contributed by atoms with Gasteiger partial charge in [-0.25, -0.2) is 13.1 Å². The van der Waals surface area contributed by atoms with Crippen LogP contribution in [0, 0.1) is 5.92 Å². The van der Waals surface area contributed by atoms with Crippen LogP contribution in [0.4, 0.5) is 0 Å². The minimum Gasteiger partial charge on any atom is -0.316 e. The maximum absolute atomic E-state index is 11.7. The van der Waals surface area contributed by atoms with Crippen LogP contribution in [0.5, 0.6) is 0 Å². The number of sulfonamides is 1. The molecular formula is C11H25ClN2O2S. The Kier molecular flexibility index (Phi) is 9.22. The first-order valence-electron chi connectivity index (χ1n) is 6.32. The predicted molar refractivity (Wildman–Crippen MR) is 74.2 cm³/mol. The summed E-state index contributed by atoms with van der Waals surface area (Å²) in [6.07, 6.45) is 5.81. The number of nitrogens with one attached hydrogen (secondary N) is 2. The molecule has 104 valence electrons. The van der Waals surface area contributed by atoms with Crippen LogP contribution < -0.4 is 10.0 Å². The second kappa shape index (κ2) is 9.14. The SMILES string of the molecule is CCNCCNS(=O)(=O)CC1CCCCC1.Cl. The highest BCUT2D eigenvalue weighted by Gasteiger charge is 2.20. The fourth-order valence-electron chi connectivity index (χ4n) is 2.19. The van der Waals surface area contributed by atoms with E-state index in [-0.39, 0.29) is 12.4 Å². The number of hydrogen-bond donors (Lipinski definition) is 2. The molecule has 0 radical (unpaired) electrons. The third-order valence-electron chi connectivity index (χ3n) is 3.05. The Labute approximate surface area is 111 Å². The van der Waals surface area contributed by atoms with Gasteiger partial charge < -0.3 is 5.32 Å². The van der Waals surface area contributed by atoms with Gasteiger partial charge in [-0.15, -0.1) is 12.4 Å². The molecule has 1 saturated carbocycles. The van der Waals surface area contributed by atoms with Crippen LogP contribution in [-0.2, 0) is 10.0 Å². The van der Waals surface area contributed by atoms with Gasteiger partial charge in [0, 0.05) is 13.1 Å². The highest BCUT2D eigenvalue weighted by molar-refractivity contribution is 7.89. The molecular weight excluding hydrogens is 260 g/mol. The van der Waals surface area contributed by atoms with Crippen molar-refractivity contribution >= 4 is 22.4 Å². The van der Waals surface area contributed by atoms with E-state index in [1.165, 1.54) is 19.3 Å². The Morgan fingerprint density at radius 3 is 2.35 bits per heavy atom. The van der Waals surface area contributed by atoms with Gasteiger partial charge in [0.05, 0.1) is 5.75 Å². The summed E-state index contributed by atoms with van der Waals surface area (Å²) in [5.74, 6) is 0.699. The Morgan fingerprint density at radius 2 is 1.76 bits per heavy atom. The highest BCUT2D eigenvalue weighted by Crippen LogP contribution is 2.24. The standard InChI is InChI=1S/C11H24N2O2S.ClH/c1-2-12-8-9-13-16(14,15)10-11-6-4-3-5-7-11;/h11-13H,2-10H2,1H3;1H. The van der Waals surface area contributed by atoms with Gasteiger partial charge in [-0.1, -0.05) is 26.2 Å². The van der Waals surface area contributed by atoms with E-state index in [1.54, 1.807) is 0 Å². The molecule has 0 aliphatic heterocycles. The topological polar surface area (TPSA) is 58.2 Å². The molecule has 0 amide bonds. The molecule has 0 spiro atoms. The molecule has 1 aliphatic rings. The molecule has 1 aliphatic carbocycles. The minimum absolute atomic E-state index is 0. The zero-order valence-electron chi connectivity index (χ0n) is 10.6. The van der Waals surface area contributed by atoms with Gasteiger partial charge in [0.1, 0.15) is 0 Å². The van der Waals surface area contributed by atoms with Crippen LogP contribution in [-0.4, -0.2) is 33.8 Å². The van der Waals surface area contributed by atoms with Crippen molar-refractivity contribution in [2.75, 3.05) is 25.4 Å². The molecule has 0 atom stereocenters. The number of halogens is 1. The Bertz CT molecular complexity index is 277. The average molecular weight is 285 g/mol. The molecule has 0 aromatic carbocycles. The first-order chi connectivity index (χ1) is 7.64. The highest BCUT2D eigenvalue weighted by atomic mass is 35.5. The zero-order chi connectivity index (χ0) is 11.9. The van der Waals surface area contributed by atoms with Crippen LogP contribution in [0.2, 0.25) is 0 Å². The van der Waals surface area contributed by atoms with E-state index in [0.717, 1.165) is 19.4 Å². The van der Waals surface area contributed by atoms with Crippen molar-refractivity contribution < 1.29 is 8.42 Å². The normalized spacial score (nSPS) is 17.7. The molecule has 0 saturated heterocycles. The largest absolute Gasteiger partial charge is 0.316 e. The molecule has 6 heteroatoms. The molecule has 2 N–H and O–H groups in total. The predicted octanol–water partition coefficient (Wildman–Crippen LogP) is 1.52. The summed E-state index contributed by atoms with van der Waals surface area (Å²) in [5, 5.41) is 3.10. The summed E-state index contributed by atoms with van der Waals surface area (Å²) >= 11 is 0. The van der Waals surface area contributed by atoms with Gasteiger partial charge in [-0.3, -0.25) is 0 Å². The number of hydrogen-bond acceptors (Lipinski definition) is 3. The summed E-state index contributed by atoms with van der Waals surface area (Å²) in [5.41, 5.74) is 0. The third-order valence-corrected chi connectivity index (χ3v) is 4.61. The Balaban J connectivity index is 0.00000256. The van der Waals surface area contributed by atoms with Gasteiger partial charge in [0.15, 0.2) is 0 Å². The van der Waals surface area contributed by atoms with Crippen molar-refractivity contribution in [1.82, 2.24) is 10.0 Å². The lowest BCUT2D eigenvalue weighted by Crippen LogP contribution is -2.35. The molecule has 17 heavy (non-hydrogen) atoms. The van der Waals surface area contributed by atoms with Gasteiger partial charge in [0.2, 0.25) is 10.0 Å². The van der Waals surface area contributed by atoms with Crippen LogP contribution in [0.3, 0.4) is 0 Å². The van der Waals surface area contributed by atoms with Gasteiger partial charge in [0.25, 0.3) is 0 Å². The smallest absolute Gasteiger partial charge is 0.211 e. The quantitative estimate of drug-likeness (QED) is 0.697. The lowest BCUT2D eigenvalue weighted by Gasteiger charge is -2.21. The van der Waals surface area contributed by atoms with E-state index in [4.69, 9.17) is 0 Å². The molecule has 4 nitrogen and oxygen atoms in total. The number of likely N-dealkylation sites (N-methyl/N-ethyl adjacent to an activating group) is 1. The van der Waals surface area contributed by atoms with E-state index in [1.807, 2.05) is 6.92 Å². The summed E-state index contributed by atoms with van der Waals surface area (Å²) in [4.78, 5) is 0. The summed E-state index contributed by atoms with van der Waals surface area (Å²) in [7, 11) is -3.05. The fourth-order valence-corrected chi connectivity index (χ4v) is 3.68. The molecule has 1 fully saturated rings. The van der Waals surface area contributed by atoms with Crippen molar-refractivity contribution in [1.29, 1.82) is 0 Å². The molecule has 0 unspecified atom stereocenters. The average Bonchev–Trinajstić information content (AvgIpc) is 2.25. The van der Waals surface area contributed by atoms with Gasteiger partial charge in [-0.2, -0.15) is 0 Å². The fraction of sp³-hybridized carbons (Fsp3) is 1.00. The summed E-state index contributed by atoms with van der Waals surface area (Å²) < 4.78 is 26.1. The maximum Gasteiger partial charge on any atom is 0.211 e. The lowest BCUT2D eigenvalue weighted by molar-refractivity contribution is 0.384. The molecule has 0 aromatic rings. The van der Waals surface area contributed by atoms with Crippen molar-refractivity contribution in [3.8, 4) is 0 Å². The molecule has 0 aromatic heterocycles. The summed E-state index contributed by atoms with van der Waals surface area (Å²) in [6.45, 7) is 4.10. The van der Waals surface area contributed by atoms with Gasteiger partial charge >= 0.3 is 0 Å². The van der Waals surface area contributed by atoms with E-state index in [0.29, 0.717) is 24.8 Å². The Hall–Kier alpha value is 0.160. The molecule has 0 heterocycles. The van der Waals surface area contributed by atoms with Crippen LogP contribution >= 0.6 is 12.4 Å². The first-order valence-corrected chi connectivity index (χ1v) is 7.97. The molecule has 0 bridgehead atoms. The zero-order valence-corrected chi connectivity index (χ0v) is 12.2. The number of rotatable bonds is 7. The second-order valence-electron chi connectivity index (χ2n) is 4.53. The van der Waals surface area contributed by atoms with Crippen molar-refractivity contribution in [2.24, 2.45) is 5.92 Å². The van der Waals surface area contributed by atoms with Crippen LogP contribution in [0.1, 0.15) is 39.0 Å². The first kappa shape index (κ1) is 17.2. The minimum atomic E-state index is -3.05. The van der Waals surface area contributed by atoms with Crippen LogP contribution in [0.25, 0.3) is 0 Å². The van der Waals surface area contributed by atoms with E-state index in [2.05, 4.69) is 10.0 Å².